The molecule has 74 valence electrons. The molecule has 2 rings (SSSR count). The monoisotopic (exact) mass is 181 g/mol. The second-order valence-corrected chi connectivity index (χ2v) is 4.77. The Balaban J connectivity index is 2.02. The van der Waals surface area contributed by atoms with E-state index in [9.17, 15) is 4.79 Å². The van der Waals surface area contributed by atoms with E-state index in [1.165, 1.54) is 25.7 Å². The average molecular weight is 181 g/mol. The molecule has 0 aromatic heterocycles. The van der Waals surface area contributed by atoms with Crippen molar-refractivity contribution in [1.29, 1.82) is 0 Å². The largest absolute Gasteiger partial charge is 0.342 e. The van der Waals surface area contributed by atoms with Gasteiger partial charge in [0.2, 0.25) is 5.91 Å². The number of hydrogen-bond acceptors (Lipinski definition) is 1. The predicted molar refractivity (Wildman–Crippen MR) is 52.4 cm³/mol. The topological polar surface area (TPSA) is 20.3 Å². The molecule has 0 radical (unpaired) electrons. The molecule has 0 spiro atoms. The van der Waals surface area contributed by atoms with Gasteiger partial charge >= 0.3 is 0 Å². The Labute approximate surface area is 80.3 Å². The van der Waals surface area contributed by atoms with Gasteiger partial charge in [-0.3, -0.25) is 4.79 Å². The maximum atomic E-state index is 12.1. The van der Waals surface area contributed by atoms with Gasteiger partial charge < -0.3 is 4.90 Å². The lowest BCUT2D eigenvalue weighted by atomic mass is 9.87. The first-order valence-corrected chi connectivity index (χ1v) is 5.52. The zero-order valence-electron chi connectivity index (χ0n) is 8.51. The third-order valence-electron chi connectivity index (χ3n) is 3.62. The molecule has 0 aromatic carbocycles. The maximum Gasteiger partial charge on any atom is 0.228 e. The molecule has 1 heterocycles. The van der Waals surface area contributed by atoms with Crippen LogP contribution in [0.15, 0.2) is 0 Å². The molecule has 1 aliphatic carbocycles. The second-order valence-electron chi connectivity index (χ2n) is 4.77. The summed E-state index contributed by atoms with van der Waals surface area (Å²) in [6.07, 6.45) is 7.14. The minimum Gasteiger partial charge on any atom is -0.342 e. The van der Waals surface area contributed by atoms with Crippen LogP contribution < -0.4 is 0 Å². The summed E-state index contributed by atoms with van der Waals surface area (Å²) in [4.78, 5) is 14.2. The number of hydrogen-bond donors (Lipinski definition) is 0. The summed E-state index contributed by atoms with van der Waals surface area (Å²) < 4.78 is 0. The van der Waals surface area contributed by atoms with Crippen molar-refractivity contribution in [2.24, 2.45) is 5.41 Å². The van der Waals surface area contributed by atoms with Crippen LogP contribution in [0.3, 0.4) is 0 Å². The highest BCUT2D eigenvalue weighted by Gasteiger charge is 2.39. The summed E-state index contributed by atoms with van der Waals surface area (Å²) in [7, 11) is 0. The van der Waals surface area contributed by atoms with Gasteiger partial charge in [-0.15, -0.1) is 0 Å². The Morgan fingerprint density at radius 3 is 2.15 bits per heavy atom. The minimum absolute atomic E-state index is 0.00431. The van der Waals surface area contributed by atoms with Crippen molar-refractivity contribution < 1.29 is 4.79 Å². The van der Waals surface area contributed by atoms with Crippen molar-refractivity contribution in [2.75, 3.05) is 13.1 Å². The van der Waals surface area contributed by atoms with Crippen molar-refractivity contribution in [3.05, 3.63) is 0 Å². The quantitative estimate of drug-likeness (QED) is 0.607. The Kier molecular flexibility index (Phi) is 2.31. The lowest BCUT2D eigenvalue weighted by Crippen LogP contribution is -2.39. The third kappa shape index (κ3) is 1.59. The fourth-order valence-corrected chi connectivity index (χ4v) is 2.67. The van der Waals surface area contributed by atoms with Gasteiger partial charge in [0.05, 0.1) is 0 Å². The van der Waals surface area contributed by atoms with E-state index in [1.54, 1.807) is 0 Å². The van der Waals surface area contributed by atoms with E-state index in [1.807, 2.05) is 0 Å². The molecule has 1 saturated heterocycles. The number of nitrogens with zero attached hydrogens (tertiary/aromatic N) is 1. The van der Waals surface area contributed by atoms with Crippen LogP contribution in [0.4, 0.5) is 0 Å². The molecule has 2 heteroatoms. The van der Waals surface area contributed by atoms with E-state index in [-0.39, 0.29) is 5.41 Å². The first kappa shape index (κ1) is 9.04. The fraction of sp³-hybridized carbons (Fsp3) is 0.909. The molecule has 0 unspecified atom stereocenters. The highest BCUT2D eigenvalue weighted by atomic mass is 16.2. The van der Waals surface area contributed by atoms with Crippen LogP contribution in [0.2, 0.25) is 0 Å². The Morgan fingerprint density at radius 2 is 1.62 bits per heavy atom. The summed E-state index contributed by atoms with van der Waals surface area (Å²) in [5.74, 6) is 0.433. The highest BCUT2D eigenvalue weighted by molar-refractivity contribution is 5.82. The van der Waals surface area contributed by atoms with Crippen LogP contribution in [-0.2, 0) is 4.79 Å². The Hall–Kier alpha value is -0.530. The van der Waals surface area contributed by atoms with E-state index in [0.717, 1.165) is 25.9 Å². The van der Waals surface area contributed by atoms with Gasteiger partial charge in [0.15, 0.2) is 0 Å². The van der Waals surface area contributed by atoms with Gasteiger partial charge in [-0.25, -0.2) is 0 Å². The van der Waals surface area contributed by atoms with E-state index in [2.05, 4.69) is 11.8 Å². The molecule has 0 aromatic rings. The summed E-state index contributed by atoms with van der Waals surface area (Å²) in [6, 6.07) is 0. The summed E-state index contributed by atoms with van der Waals surface area (Å²) >= 11 is 0. The number of carbonyl (C=O) groups excluding carboxylic acids is 1. The molecule has 0 bridgehead atoms. The zero-order valence-corrected chi connectivity index (χ0v) is 8.51. The number of amides is 1. The normalized spacial score (nSPS) is 26.7. The van der Waals surface area contributed by atoms with Crippen LogP contribution >= 0.6 is 0 Å². The average Bonchev–Trinajstić information content (AvgIpc) is 2.73. The lowest BCUT2D eigenvalue weighted by molar-refractivity contribution is -0.139. The first-order chi connectivity index (χ1) is 6.22. The summed E-state index contributed by atoms with van der Waals surface area (Å²) in [6.45, 7) is 4.17. The predicted octanol–water partition coefficient (Wildman–Crippen LogP) is 2.19. The lowest BCUT2D eigenvalue weighted by Gasteiger charge is -2.28. The molecular formula is C11H19NO. The Morgan fingerprint density at radius 1 is 1.08 bits per heavy atom. The fourth-order valence-electron chi connectivity index (χ4n) is 2.67. The third-order valence-corrected chi connectivity index (χ3v) is 3.62. The molecule has 0 N–H and O–H groups in total. The number of rotatable bonds is 1. The minimum atomic E-state index is 0.00431. The van der Waals surface area contributed by atoms with Gasteiger partial charge in [0, 0.05) is 18.5 Å². The maximum absolute atomic E-state index is 12.1. The molecule has 2 aliphatic rings. The molecule has 1 saturated carbocycles. The molecule has 13 heavy (non-hydrogen) atoms. The van der Waals surface area contributed by atoms with E-state index in [4.69, 9.17) is 0 Å². The summed E-state index contributed by atoms with van der Waals surface area (Å²) in [5, 5.41) is 0. The van der Waals surface area contributed by atoms with E-state index < -0.39 is 0 Å². The molecule has 0 atom stereocenters. The first-order valence-electron chi connectivity index (χ1n) is 5.52. The SMILES string of the molecule is CC1(C(=O)N2CCCC2)CCCC1. The number of likely N-dealkylation sites (tertiary alicyclic amines) is 1. The highest BCUT2D eigenvalue weighted by Crippen LogP contribution is 2.39. The van der Waals surface area contributed by atoms with Crippen LogP contribution in [0.1, 0.15) is 45.4 Å². The van der Waals surface area contributed by atoms with Gasteiger partial charge in [0.1, 0.15) is 0 Å². The van der Waals surface area contributed by atoms with Gasteiger partial charge in [0.25, 0.3) is 0 Å². The van der Waals surface area contributed by atoms with Gasteiger partial charge in [-0.1, -0.05) is 19.8 Å². The van der Waals surface area contributed by atoms with Crippen LogP contribution in [-0.4, -0.2) is 23.9 Å². The number of carbonyl (C=O) groups is 1. The molecular weight excluding hydrogens is 162 g/mol. The summed E-state index contributed by atoms with van der Waals surface area (Å²) in [5.41, 5.74) is 0.00431. The van der Waals surface area contributed by atoms with Crippen molar-refractivity contribution in [3.63, 3.8) is 0 Å². The van der Waals surface area contributed by atoms with Crippen LogP contribution in [0.25, 0.3) is 0 Å². The van der Waals surface area contributed by atoms with Gasteiger partial charge in [-0.05, 0) is 25.7 Å². The molecule has 2 nitrogen and oxygen atoms in total. The van der Waals surface area contributed by atoms with Crippen molar-refractivity contribution in [1.82, 2.24) is 4.90 Å². The molecule has 1 amide bonds. The molecule has 2 fully saturated rings. The second kappa shape index (κ2) is 3.32. The van der Waals surface area contributed by atoms with Crippen LogP contribution in [0, 0.1) is 5.41 Å². The van der Waals surface area contributed by atoms with E-state index >= 15 is 0 Å². The van der Waals surface area contributed by atoms with Crippen molar-refractivity contribution >= 4 is 5.91 Å². The molecule has 1 aliphatic heterocycles. The van der Waals surface area contributed by atoms with Gasteiger partial charge in [-0.2, -0.15) is 0 Å². The van der Waals surface area contributed by atoms with Crippen LogP contribution in [0.5, 0.6) is 0 Å². The van der Waals surface area contributed by atoms with E-state index in [0.29, 0.717) is 5.91 Å². The standard InChI is InChI=1S/C11H19NO/c1-11(6-2-3-7-11)10(13)12-8-4-5-9-12/h2-9H2,1H3. The van der Waals surface area contributed by atoms with Crippen molar-refractivity contribution in [3.8, 4) is 0 Å². The smallest absolute Gasteiger partial charge is 0.228 e. The zero-order chi connectivity index (χ0) is 9.31. The van der Waals surface area contributed by atoms with Crippen molar-refractivity contribution in [2.45, 2.75) is 45.4 Å². The Bertz CT molecular complexity index is 200.